The van der Waals surface area contributed by atoms with E-state index in [9.17, 15) is 5.11 Å². The summed E-state index contributed by atoms with van der Waals surface area (Å²) < 4.78 is 0. The van der Waals surface area contributed by atoms with E-state index in [0.29, 0.717) is 12.5 Å². The van der Waals surface area contributed by atoms with E-state index in [4.69, 9.17) is 5.73 Å². The van der Waals surface area contributed by atoms with Crippen molar-refractivity contribution in [3.05, 3.63) is 0 Å². The maximum Gasteiger partial charge on any atom is 0.0802 e. The highest BCUT2D eigenvalue weighted by atomic mass is 16.3. The molecule has 0 saturated heterocycles. The van der Waals surface area contributed by atoms with Crippen molar-refractivity contribution < 1.29 is 5.11 Å². The van der Waals surface area contributed by atoms with Gasteiger partial charge < -0.3 is 10.8 Å². The Balaban J connectivity index is 1.95. The van der Waals surface area contributed by atoms with Crippen LogP contribution in [0.4, 0.5) is 0 Å². The summed E-state index contributed by atoms with van der Waals surface area (Å²) in [6, 6.07) is 0. The molecule has 0 heterocycles. The first-order chi connectivity index (χ1) is 6.21. The Labute approximate surface area is 79.5 Å². The predicted molar refractivity (Wildman–Crippen MR) is 51.0 cm³/mol. The normalized spacial score (nSPS) is 58.6. The number of fused-ring (bicyclic) bond motifs is 2. The van der Waals surface area contributed by atoms with Gasteiger partial charge in [0.25, 0.3) is 0 Å². The standard InChI is InChI=1S/C11H19NO/c12-6-11(13)5-8-1-7-2-9(3-8)10(11)4-7/h7-10,13H,1-6,12H2. The van der Waals surface area contributed by atoms with Gasteiger partial charge in [0.2, 0.25) is 0 Å². The van der Waals surface area contributed by atoms with Crippen molar-refractivity contribution in [1.82, 2.24) is 0 Å². The molecule has 3 aliphatic carbocycles. The van der Waals surface area contributed by atoms with Crippen LogP contribution in [0.2, 0.25) is 0 Å². The molecular formula is C11H19NO. The van der Waals surface area contributed by atoms with E-state index in [1.54, 1.807) is 0 Å². The molecule has 2 nitrogen and oxygen atoms in total. The predicted octanol–water partition coefficient (Wildman–Crippen LogP) is 1.13. The molecular weight excluding hydrogens is 162 g/mol. The topological polar surface area (TPSA) is 46.2 Å². The smallest absolute Gasteiger partial charge is 0.0802 e. The largest absolute Gasteiger partial charge is 0.388 e. The SMILES string of the molecule is NCC1(O)CC2CC3CC(C2)C1C3. The number of aliphatic hydroxyl groups is 1. The number of nitrogens with two attached hydrogens (primary N) is 1. The van der Waals surface area contributed by atoms with Crippen LogP contribution < -0.4 is 5.73 Å². The highest BCUT2D eigenvalue weighted by Crippen LogP contribution is 2.58. The summed E-state index contributed by atoms with van der Waals surface area (Å²) >= 11 is 0. The molecule has 5 unspecified atom stereocenters. The fraction of sp³-hybridized carbons (Fsp3) is 1.00. The minimum absolute atomic E-state index is 0.484. The molecule has 13 heavy (non-hydrogen) atoms. The highest BCUT2D eigenvalue weighted by molar-refractivity contribution is 5.06. The average molecular weight is 181 g/mol. The first-order valence-electron chi connectivity index (χ1n) is 5.64. The lowest BCUT2D eigenvalue weighted by Gasteiger charge is -2.45. The maximum absolute atomic E-state index is 10.4. The minimum atomic E-state index is -0.487. The molecule has 2 heteroatoms. The first kappa shape index (κ1) is 8.25. The molecule has 0 aromatic heterocycles. The van der Waals surface area contributed by atoms with E-state index in [2.05, 4.69) is 0 Å². The zero-order valence-electron chi connectivity index (χ0n) is 8.08. The van der Waals surface area contributed by atoms with Gasteiger partial charge in [-0.05, 0) is 55.8 Å². The zero-order chi connectivity index (χ0) is 9.05. The zero-order valence-corrected chi connectivity index (χ0v) is 8.08. The third-order valence-electron chi connectivity index (χ3n) is 4.78. The summed E-state index contributed by atoms with van der Waals surface area (Å²) in [5.74, 6) is 3.07. The lowest BCUT2D eigenvalue weighted by atomic mass is 9.65. The molecule has 74 valence electrons. The molecule has 3 N–H and O–H groups in total. The van der Waals surface area contributed by atoms with Crippen LogP contribution in [0.25, 0.3) is 0 Å². The molecule has 3 bridgehead atoms. The molecule has 3 rings (SSSR count). The van der Waals surface area contributed by atoms with Crippen molar-refractivity contribution in [2.24, 2.45) is 29.4 Å². The van der Waals surface area contributed by atoms with Crippen molar-refractivity contribution in [1.29, 1.82) is 0 Å². The summed E-state index contributed by atoms with van der Waals surface area (Å²) in [6.07, 6.45) is 6.37. The molecule has 0 aromatic carbocycles. The van der Waals surface area contributed by atoms with Crippen molar-refractivity contribution in [2.45, 2.75) is 37.7 Å². The molecule has 3 fully saturated rings. The fourth-order valence-electron chi connectivity index (χ4n) is 4.40. The van der Waals surface area contributed by atoms with E-state index in [1.807, 2.05) is 0 Å². The third-order valence-corrected chi connectivity index (χ3v) is 4.78. The summed E-state index contributed by atoms with van der Waals surface area (Å²) in [7, 11) is 0. The lowest BCUT2D eigenvalue weighted by molar-refractivity contribution is -0.0733. The van der Waals surface area contributed by atoms with E-state index in [1.165, 1.54) is 25.7 Å². The Morgan fingerprint density at radius 3 is 2.69 bits per heavy atom. The first-order valence-corrected chi connectivity index (χ1v) is 5.64. The Morgan fingerprint density at radius 2 is 1.92 bits per heavy atom. The van der Waals surface area contributed by atoms with Gasteiger partial charge in [-0.15, -0.1) is 0 Å². The quantitative estimate of drug-likeness (QED) is 0.637. The van der Waals surface area contributed by atoms with Gasteiger partial charge in [0.05, 0.1) is 5.60 Å². The van der Waals surface area contributed by atoms with Crippen molar-refractivity contribution in [3.63, 3.8) is 0 Å². The molecule has 0 aromatic rings. The van der Waals surface area contributed by atoms with Gasteiger partial charge in [-0.25, -0.2) is 0 Å². The van der Waals surface area contributed by atoms with Crippen LogP contribution in [0.1, 0.15) is 32.1 Å². The van der Waals surface area contributed by atoms with Crippen LogP contribution >= 0.6 is 0 Å². The Morgan fingerprint density at radius 1 is 1.15 bits per heavy atom. The summed E-state index contributed by atoms with van der Waals surface area (Å²) in [5.41, 5.74) is 5.24. The van der Waals surface area contributed by atoms with Crippen molar-refractivity contribution >= 4 is 0 Å². The maximum atomic E-state index is 10.4. The summed E-state index contributed by atoms with van der Waals surface area (Å²) in [6.45, 7) is 0.484. The molecule has 0 spiro atoms. The molecule has 3 aliphatic rings. The van der Waals surface area contributed by atoms with Gasteiger partial charge in [-0.1, -0.05) is 0 Å². The van der Waals surface area contributed by atoms with Crippen LogP contribution in [-0.4, -0.2) is 17.3 Å². The lowest BCUT2D eigenvalue weighted by Crippen LogP contribution is -2.50. The monoisotopic (exact) mass is 181 g/mol. The van der Waals surface area contributed by atoms with E-state index in [0.717, 1.165) is 24.2 Å². The van der Waals surface area contributed by atoms with Gasteiger partial charge in [-0.3, -0.25) is 0 Å². The van der Waals surface area contributed by atoms with Crippen LogP contribution in [0.15, 0.2) is 0 Å². The van der Waals surface area contributed by atoms with Gasteiger partial charge in [-0.2, -0.15) is 0 Å². The van der Waals surface area contributed by atoms with Gasteiger partial charge in [0.15, 0.2) is 0 Å². The van der Waals surface area contributed by atoms with Crippen molar-refractivity contribution in [3.8, 4) is 0 Å². The third kappa shape index (κ3) is 1.02. The second-order valence-corrected chi connectivity index (χ2v) is 5.55. The molecule has 3 saturated carbocycles. The van der Waals surface area contributed by atoms with Gasteiger partial charge in [0.1, 0.15) is 0 Å². The van der Waals surface area contributed by atoms with E-state index in [-0.39, 0.29) is 0 Å². The molecule has 5 atom stereocenters. The average Bonchev–Trinajstić information content (AvgIpc) is 2.36. The number of hydrogen-bond acceptors (Lipinski definition) is 2. The molecule has 0 amide bonds. The summed E-state index contributed by atoms with van der Waals surface area (Å²) in [5, 5.41) is 10.4. The van der Waals surface area contributed by atoms with Crippen LogP contribution in [0.3, 0.4) is 0 Å². The van der Waals surface area contributed by atoms with Crippen LogP contribution in [0, 0.1) is 23.7 Å². The number of hydrogen-bond donors (Lipinski definition) is 2. The summed E-state index contributed by atoms with van der Waals surface area (Å²) in [4.78, 5) is 0. The minimum Gasteiger partial charge on any atom is -0.388 e. The van der Waals surface area contributed by atoms with Crippen LogP contribution in [-0.2, 0) is 0 Å². The Hall–Kier alpha value is -0.0800. The molecule has 0 radical (unpaired) electrons. The van der Waals surface area contributed by atoms with E-state index >= 15 is 0 Å². The second kappa shape index (κ2) is 2.48. The Bertz CT molecular complexity index is 228. The van der Waals surface area contributed by atoms with Gasteiger partial charge in [0, 0.05) is 6.54 Å². The Kier molecular flexibility index (Phi) is 1.58. The number of rotatable bonds is 1. The van der Waals surface area contributed by atoms with E-state index < -0.39 is 5.60 Å². The fourth-order valence-corrected chi connectivity index (χ4v) is 4.40. The van der Waals surface area contributed by atoms with Gasteiger partial charge >= 0.3 is 0 Å². The second-order valence-electron chi connectivity index (χ2n) is 5.55. The highest BCUT2D eigenvalue weighted by Gasteiger charge is 2.54. The molecule has 0 aliphatic heterocycles. The van der Waals surface area contributed by atoms with Crippen LogP contribution in [0.5, 0.6) is 0 Å². The van der Waals surface area contributed by atoms with Crippen molar-refractivity contribution in [2.75, 3.05) is 6.54 Å².